The molecule has 6 nitrogen and oxygen atoms in total. The van der Waals surface area contributed by atoms with Crippen LogP contribution in [-0.2, 0) is 24.2 Å². The number of nitrogens with zero attached hydrogens (tertiary/aromatic N) is 1. The Hall–Kier alpha value is -3.71. The van der Waals surface area contributed by atoms with Crippen molar-refractivity contribution in [3.8, 4) is 0 Å². The van der Waals surface area contributed by atoms with Crippen LogP contribution in [0.5, 0.6) is 0 Å². The van der Waals surface area contributed by atoms with Crippen molar-refractivity contribution in [1.29, 1.82) is 0 Å². The maximum atomic E-state index is 13.8. The zero-order valence-electron chi connectivity index (χ0n) is 18.3. The van der Waals surface area contributed by atoms with Crippen molar-refractivity contribution < 1.29 is 14.0 Å². The van der Waals surface area contributed by atoms with E-state index in [4.69, 9.17) is 0 Å². The van der Waals surface area contributed by atoms with Crippen LogP contribution in [-0.4, -0.2) is 36.5 Å². The average Bonchev–Trinajstić information content (AvgIpc) is 2.81. The first kappa shape index (κ1) is 22.5. The summed E-state index contributed by atoms with van der Waals surface area (Å²) >= 11 is 0. The monoisotopic (exact) mass is 446 g/mol. The van der Waals surface area contributed by atoms with Crippen molar-refractivity contribution in [3.05, 3.63) is 95.3 Å². The summed E-state index contributed by atoms with van der Waals surface area (Å²) in [6.45, 7) is 2.29. The number of anilines is 2. The normalized spacial score (nSPS) is 13.1. The lowest BCUT2D eigenvalue weighted by molar-refractivity contribution is -0.122. The Morgan fingerprint density at radius 2 is 1.61 bits per heavy atom. The minimum absolute atomic E-state index is 0.00734. The second-order valence-electron chi connectivity index (χ2n) is 8.05. The van der Waals surface area contributed by atoms with Crippen molar-refractivity contribution in [2.75, 3.05) is 30.3 Å². The first-order valence-corrected chi connectivity index (χ1v) is 11.0. The van der Waals surface area contributed by atoms with E-state index in [0.29, 0.717) is 38.3 Å². The second-order valence-corrected chi connectivity index (χ2v) is 8.05. The number of para-hydroxylation sites is 1. The van der Waals surface area contributed by atoms with Gasteiger partial charge in [0.15, 0.2) is 0 Å². The van der Waals surface area contributed by atoms with Gasteiger partial charge in [-0.1, -0.05) is 54.6 Å². The van der Waals surface area contributed by atoms with E-state index in [9.17, 15) is 14.0 Å². The van der Waals surface area contributed by atoms with Crippen molar-refractivity contribution >= 4 is 23.3 Å². The molecule has 7 heteroatoms. The van der Waals surface area contributed by atoms with E-state index in [1.807, 2.05) is 36.4 Å². The van der Waals surface area contributed by atoms with Gasteiger partial charge < -0.3 is 16.0 Å². The highest BCUT2D eigenvalue weighted by Gasteiger charge is 2.21. The smallest absolute Gasteiger partial charge is 0.323 e. The molecule has 0 aliphatic carbocycles. The van der Waals surface area contributed by atoms with Gasteiger partial charge in [0.05, 0.1) is 12.2 Å². The van der Waals surface area contributed by atoms with Crippen LogP contribution in [0.1, 0.15) is 16.7 Å². The Labute approximate surface area is 192 Å². The van der Waals surface area contributed by atoms with E-state index in [-0.39, 0.29) is 11.6 Å². The third-order valence-corrected chi connectivity index (χ3v) is 5.66. The van der Waals surface area contributed by atoms with E-state index >= 15 is 0 Å². The van der Waals surface area contributed by atoms with Gasteiger partial charge in [-0.05, 0) is 47.7 Å². The van der Waals surface area contributed by atoms with E-state index in [0.717, 1.165) is 17.5 Å². The van der Waals surface area contributed by atoms with Gasteiger partial charge >= 0.3 is 6.03 Å². The third-order valence-electron chi connectivity index (χ3n) is 5.66. The summed E-state index contributed by atoms with van der Waals surface area (Å²) in [6, 6.07) is 21.3. The predicted octanol–water partition coefficient (Wildman–Crippen LogP) is 4.19. The maximum Gasteiger partial charge on any atom is 0.323 e. The van der Waals surface area contributed by atoms with Gasteiger partial charge in [0.1, 0.15) is 5.82 Å². The number of halogens is 1. The molecule has 170 valence electrons. The summed E-state index contributed by atoms with van der Waals surface area (Å²) in [4.78, 5) is 26.9. The van der Waals surface area contributed by atoms with Crippen LogP contribution >= 0.6 is 0 Å². The van der Waals surface area contributed by atoms with Crippen LogP contribution in [0, 0.1) is 5.82 Å². The molecule has 3 aromatic rings. The highest BCUT2D eigenvalue weighted by molar-refractivity contribution is 6.00. The molecule has 0 aromatic heterocycles. The number of carbonyl (C=O) groups excluding carboxylic acids is 2. The largest absolute Gasteiger partial charge is 0.355 e. The molecule has 0 fully saturated rings. The molecule has 0 unspecified atom stereocenters. The maximum absolute atomic E-state index is 13.8. The van der Waals surface area contributed by atoms with Crippen molar-refractivity contribution in [2.24, 2.45) is 0 Å². The predicted molar refractivity (Wildman–Crippen MR) is 128 cm³/mol. The van der Waals surface area contributed by atoms with Crippen LogP contribution < -0.4 is 16.0 Å². The molecule has 33 heavy (non-hydrogen) atoms. The number of amides is 3. The third kappa shape index (κ3) is 6.17. The molecule has 1 aliphatic heterocycles. The molecule has 0 radical (unpaired) electrons. The Bertz CT molecular complexity index is 1120. The Balaban J connectivity index is 1.29. The number of hydrogen-bond acceptors (Lipinski definition) is 3. The lowest BCUT2D eigenvalue weighted by atomic mass is 9.97. The number of fused-ring (bicyclic) bond motifs is 1. The second kappa shape index (κ2) is 10.7. The first-order valence-electron chi connectivity index (χ1n) is 11.0. The Morgan fingerprint density at radius 3 is 2.42 bits per heavy atom. The molecule has 3 aromatic carbocycles. The topological polar surface area (TPSA) is 73.5 Å². The Morgan fingerprint density at radius 1 is 0.879 bits per heavy atom. The van der Waals surface area contributed by atoms with Crippen molar-refractivity contribution in [2.45, 2.75) is 19.4 Å². The molecule has 1 heterocycles. The summed E-state index contributed by atoms with van der Waals surface area (Å²) in [5, 5.41) is 8.36. The molecule has 0 saturated carbocycles. The van der Waals surface area contributed by atoms with Crippen LogP contribution in [0.3, 0.4) is 0 Å². The van der Waals surface area contributed by atoms with E-state index < -0.39 is 11.8 Å². The van der Waals surface area contributed by atoms with Gasteiger partial charge in [-0.3, -0.25) is 9.69 Å². The number of hydrogen-bond donors (Lipinski definition) is 3. The summed E-state index contributed by atoms with van der Waals surface area (Å²) in [7, 11) is 0. The molecule has 0 saturated heterocycles. The minimum atomic E-state index is -0.492. The summed E-state index contributed by atoms with van der Waals surface area (Å²) < 4.78 is 13.8. The average molecular weight is 447 g/mol. The zero-order valence-corrected chi connectivity index (χ0v) is 18.3. The molecule has 1 aliphatic rings. The van der Waals surface area contributed by atoms with E-state index in [1.54, 1.807) is 12.1 Å². The van der Waals surface area contributed by atoms with Gasteiger partial charge in [-0.15, -0.1) is 0 Å². The lowest BCUT2D eigenvalue weighted by Gasteiger charge is -2.29. The summed E-state index contributed by atoms with van der Waals surface area (Å²) in [5.74, 6) is -0.478. The molecular weight excluding hydrogens is 419 g/mol. The fourth-order valence-corrected chi connectivity index (χ4v) is 4.01. The van der Waals surface area contributed by atoms with Gasteiger partial charge in [0.2, 0.25) is 5.91 Å². The fraction of sp³-hybridized carbons (Fsp3) is 0.231. The number of benzene rings is 3. The van der Waals surface area contributed by atoms with E-state index in [1.165, 1.54) is 17.7 Å². The van der Waals surface area contributed by atoms with Gasteiger partial charge in [0.25, 0.3) is 0 Å². The van der Waals surface area contributed by atoms with Crippen molar-refractivity contribution in [1.82, 2.24) is 10.2 Å². The molecule has 0 spiro atoms. The van der Waals surface area contributed by atoms with Crippen LogP contribution in [0.15, 0.2) is 72.8 Å². The summed E-state index contributed by atoms with van der Waals surface area (Å²) in [5.41, 5.74) is 4.14. The van der Waals surface area contributed by atoms with Crippen LogP contribution in [0.2, 0.25) is 0 Å². The summed E-state index contributed by atoms with van der Waals surface area (Å²) in [6.07, 6.45) is 1.52. The minimum Gasteiger partial charge on any atom is -0.355 e. The standard InChI is InChI=1S/C26H27FN4O2/c27-22-10-4-5-11-24(22)30-26(33)29-23-12-6-9-20-17-31(16-14-21(20)23)18-25(32)28-15-13-19-7-2-1-3-8-19/h1-12H,13-18H2,(H,28,32)(H2,29,30,33). The molecule has 0 atom stereocenters. The van der Waals surface area contributed by atoms with Gasteiger partial charge in [-0.2, -0.15) is 0 Å². The highest BCUT2D eigenvalue weighted by atomic mass is 19.1. The quantitative estimate of drug-likeness (QED) is 0.510. The molecule has 0 bridgehead atoms. The Kier molecular flexibility index (Phi) is 7.32. The molecule has 3 N–H and O–H groups in total. The number of nitrogens with one attached hydrogen (secondary N) is 3. The van der Waals surface area contributed by atoms with Gasteiger partial charge in [-0.25, -0.2) is 9.18 Å². The van der Waals surface area contributed by atoms with Crippen LogP contribution in [0.4, 0.5) is 20.6 Å². The first-order chi connectivity index (χ1) is 16.1. The van der Waals surface area contributed by atoms with E-state index in [2.05, 4.69) is 33.0 Å². The fourth-order valence-electron chi connectivity index (χ4n) is 4.01. The molecule has 4 rings (SSSR count). The SMILES string of the molecule is O=C(CN1CCc2c(cccc2NC(=O)Nc2ccccc2F)C1)NCCc1ccccc1. The molecule has 3 amide bonds. The van der Waals surface area contributed by atoms with Crippen LogP contribution in [0.25, 0.3) is 0 Å². The molecular formula is C26H27FN4O2. The number of urea groups is 1. The zero-order chi connectivity index (χ0) is 23.0. The van der Waals surface area contributed by atoms with Crippen molar-refractivity contribution in [3.63, 3.8) is 0 Å². The highest BCUT2D eigenvalue weighted by Crippen LogP contribution is 2.26. The number of rotatable bonds is 7. The lowest BCUT2D eigenvalue weighted by Crippen LogP contribution is -2.40. The number of carbonyl (C=O) groups is 2. The van der Waals surface area contributed by atoms with Gasteiger partial charge in [0, 0.05) is 25.3 Å².